The first-order chi connectivity index (χ1) is 9.26. The number of ether oxygens (including phenoxy) is 1. The molecule has 110 valence electrons. The van der Waals surface area contributed by atoms with Crippen LogP contribution in [-0.4, -0.2) is 29.7 Å². The van der Waals surface area contributed by atoms with E-state index in [2.05, 4.69) is 28.9 Å². The number of halogens is 1. The van der Waals surface area contributed by atoms with Gasteiger partial charge < -0.3 is 9.64 Å². The summed E-state index contributed by atoms with van der Waals surface area (Å²) in [6.45, 7) is 9.64. The van der Waals surface area contributed by atoms with Gasteiger partial charge in [0, 0.05) is 23.9 Å². The lowest BCUT2D eigenvalue weighted by Gasteiger charge is -2.25. The molecule has 1 aromatic rings. The molecule has 2 aliphatic rings. The van der Waals surface area contributed by atoms with Gasteiger partial charge in [0.1, 0.15) is 5.60 Å². The van der Waals surface area contributed by atoms with Crippen LogP contribution in [0.15, 0.2) is 9.85 Å². The van der Waals surface area contributed by atoms with Crippen LogP contribution < -0.4 is 0 Å². The van der Waals surface area contributed by atoms with Crippen LogP contribution in [0.25, 0.3) is 0 Å². The molecule has 1 saturated heterocycles. The number of rotatable bonds is 0. The number of hydrogen-bond acceptors (Lipinski definition) is 3. The first-order valence-electron chi connectivity index (χ1n) is 7.03. The average molecular weight is 358 g/mol. The van der Waals surface area contributed by atoms with Crippen LogP contribution in [0.4, 0.5) is 4.79 Å². The van der Waals surface area contributed by atoms with E-state index in [1.807, 2.05) is 37.0 Å². The monoisotopic (exact) mass is 357 g/mol. The maximum absolute atomic E-state index is 12.2. The molecule has 0 N–H and O–H groups in total. The van der Waals surface area contributed by atoms with Crippen molar-refractivity contribution in [1.29, 1.82) is 0 Å². The number of nitrogens with zero attached hydrogens (tertiary/aromatic N) is 1. The Kier molecular flexibility index (Phi) is 3.41. The lowest BCUT2D eigenvalue weighted by atomic mass is 9.92. The van der Waals surface area contributed by atoms with Gasteiger partial charge in [-0.05, 0) is 60.2 Å². The Bertz CT molecular complexity index is 549. The maximum Gasteiger partial charge on any atom is 0.410 e. The molecule has 0 aromatic carbocycles. The number of thiophene rings is 1. The van der Waals surface area contributed by atoms with E-state index in [1.54, 1.807) is 0 Å². The van der Waals surface area contributed by atoms with E-state index in [4.69, 9.17) is 4.74 Å². The SMILES string of the molecule is CC1c2cc(Br)sc2C2CN(C(=O)OC(C)(C)C)CC12. The van der Waals surface area contributed by atoms with E-state index in [-0.39, 0.29) is 6.09 Å². The molecular formula is C15H20BrNO2S. The highest BCUT2D eigenvalue weighted by Gasteiger charge is 2.47. The van der Waals surface area contributed by atoms with Crippen molar-refractivity contribution in [3.05, 3.63) is 20.3 Å². The third-order valence-electron chi connectivity index (χ3n) is 4.25. The molecule has 0 saturated carbocycles. The fourth-order valence-corrected chi connectivity index (χ4v) is 5.28. The predicted octanol–water partition coefficient (Wildman–Crippen LogP) is 4.58. The van der Waals surface area contributed by atoms with E-state index in [1.165, 1.54) is 14.2 Å². The van der Waals surface area contributed by atoms with Gasteiger partial charge in [-0.25, -0.2) is 4.79 Å². The van der Waals surface area contributed by atoms with Crippen LogP contribution in [0, 0.1) is 5.92 Å². The van der Waals surface area contributed by atoms with E-state index >= 15 is 0 Å². The van der Waals surface area contributed by atoms with Crippen LogP contribution in [0.5, 0.6) is 0 Å². The molecule has 3 nitrogen and oxygen atoms in total. The van der Waals surface area contributed by atoms with Crippen molar-refractivity contribution in [2.75, 3.05) is 13.1 Å². The standard InChI is InChI=1S/C15H20BrNO2S/c1-8-9-5-12(16)20-13(9)11-7-17(6-10(8)11)14(18)19-15(2,3)4/h5,8,10-11H,6-7H2,1-4H3. The largest absolute Gasteiger partial charge is 0.444 e. The molecule has 1 fully saturated rings. The first-order valence-corrected chi connectivity index (χ1v) is 8.64. The molecule has 1 aromatic heterocycles. The summed E-state index contributed by atoms with van der Waals surface area (Å²) < 4.78 is 6.69. The van der Waals surface area contributed by atoms with E-state index in [9.17, 15) is 4.79 Å². The molecule has 1 amide bonds. The Labute approximate surface area is 132 Å². The summed E-state index contributed by atoms with van der Waals surface area (Å²) in [5.41, 5.74) is 1.05. The normalized spacial score (nSPS) is 28.4. The molecule has 3 atom stereocenters. The Morgan fingerprint density at radius 1 is 1.45 bits per heavy atom. The molecule has 1 aliphatic heterocycles. The molecule has 2 heterocycles. The molecular weight excluding hydrogens is 338 g/mol. The Morgan fingerprint density at radius 2 is 2.15 bits per heavy atom. The second-order valence-corrected chi connectivity index (χ2v) is 9.28. The van der Waals surface area contributed by atoms with E-state index in [0.717, 1.165) is 13.1 Å². The number of likely N-dealkylation sites (tertiary alicyclic amines) is 1. The third kappa shape index (κ3) is 2.39. The summed E-state index contributed by atoms with van der Waals surface area (Å²) >= 11 is 5.40. The van der Waals surface area contributed by atoms with E-state index < -0.39 is 5.60 Å². The highest BCUT2D eigenvalue weighted by Crippen LogP contribution is 2.54. The molecule has 1 aliphatic carbocycles. The fourth-order valence-electron chi connectivity index (χ4n) is 3.35. The third-order valence-corrected chi connectivity index (χ3v) is 6.03. The zero-order valence-electron chi connectivity index (χ0n) is 12.3. The average Bonchev–Trinajstić information content (AvgIpc) is 2.92. The van der Waals surface area contributed by atoms with Crippen molar-refractivity contribution < 1.29 is 9.53 Å². The van der Waals surface area contributed by atoms with Gasteiger partial charge in [-0.15, -0.1) is 11.3 Å². The highest BCUT2D eigenvalue weighted by atomic mass is 79.9. The lowest BCUT2D eigenvalue weighted by Crippen LogP contribution is -2.36. The quantitative estimate of drug-likeness (QED) is 0.680. The van der Waals surface area contributed by atoms with Crippen molar-refractivity contribution in [2.45, 2.75) is 45.1 Å². The van der Waals surface area contributed by atoms with Crippen LogP contribution in [0.1, 0.15) is 50.0 Å². The van der Waals surface area contributed by atoms with Gasteiger partial charge in [0.25, 0.3) is 0 Å². The number of carbonyl (C=O) groups excluding carboxylic acids is 1. The summed E-state index contributed by atoms with van der Waals surface area (Å²) in [6.07, 6.45) is -0.170. The highest BCUT2D eigenvalue weighted by molar-refractivity contribution is 9.11. The number of amides is 1. The molecule has 0 radical (unpaired) electrons. The summed E-state index contributed by atoms with van der Waals surface area (Å²) in [5.74, 6) is 1.57. The van der Waals surface area contributed by atoms with Crippen LogP contribution in [0.2, 0.25) is 0 Å². The first kappa shape index (κ1) is 14.4. The van der Waals surface area contributed by atoms with Crippen LogP contribution >= 0.6 is 27.3 Å². The number of carbonyl (C=O) groups is 1. The fraction of sp³-hybridized carbons (Fsp3) is 0.667. The maximum atomic E-state index is 12.2. The number of fused-ring (bicyclic) bond motifs is 3. The zero-order chi connectivity index (χ0) is 14.7. The molecule has 0 bridgehead atoms. The van der Waals surface area contributed by atoms with Gasteiger partial charge in [0.2, 0.25) is 0 Å². The summed E-state index contributed by atoms with van der Waals surface area (Å²) in [6, 6.07) is 2.25. The summed E-state index contributed by atoms with van der Waals surface area (Å²) in [7, 11) is 0. The minimum atomic E-state index is -0.419. The minimum absolute atomic E-state index is 0.170. The van der Waals surface area contributed by atoms with Crippen molar-refractivity contribution in [3.8, 4) is 0 Å². The Balaban J connectivity index is 1.77. The van der Waals surface area contributed by atoms with Crippen LogP contribution in [-0.2, 0) is 4.74 Å². The lowest BCUT2D eigenvalue weighted by molar-refractivity contribution is 0.0284. The molecule has 3 unspecified atom stereocenters. The van der Waals surface area contributed by atoms with Gasteiger partial charge >= 0.3 is 6.09 Å². The van der Waals surface area contributed by atoms with Gasteiger partial charge in [0.05, 0.1) is 3.79 Å². The smallest absolute Gasteiger partial charge is 0.410 e. The Hall–Kier alpha value is -0.550. The van der Waals surface area contributed by atoms with Crippen molar-refractivity contribution in [3.63, 3.8) is 0 Å². The summed E-state index contributed by atoms with van der Waals surface area (Å²) in [5, 5.41) is 0. The summed E-state index contributed by atoms with van der Waals surface area (Å²) in [4.78, 5) is 15.6. The Morgan fingerprint density at radius 3 is 2.80 bits per heavy atom. The molecule has 20 heavy (non-hydrogen) atoms. The second kappa shape index (κ2) is 4.73. The van der Waals surface area contributed by atoms with Crippen LogP contribution in [0.3, 0.4) is 0 Å². The van der Waals surface area contributed by atoms with Gasteiger partial charge in [-0.3, -0.25) is 0 Å². The molecule has 5 heteroatoms. The van der Waals surface area contributed by atoms with Gasteiger partial charge in [0.15, 0.2) is 0 Å². The molecule has 0 spiro atoms. The minimum Gasteiger partial charge on any atom is -0.444 e. The zero-order valence-corrected chi connectivity index (χ0v) is 14.7. The predicted molar refractivity (Wildman–Crippen MR) is 84.5 cm³/mol. The number of hydrogen-bond donors (Lipinski definition) is 0. The van der Waals surface area contributed by atoms with E-state index in [0.29, 0.717) is 17.8 Å². The topological polar surface area (TPSA) is 29.5 Å². The van der Waals surface area contributed by atoms with Crippen molar-refractivity contribution in [2.24, 2.45) is 5.92 Å². The van der Waals surface area contributed by atoms with Gasteiger partial charge in [-0.1, -0.05) is 6.92 Å². The van der Waals surface area contributed by atoms with Crippen molar-refractivity contribution in [1.82, 2.24) is 4.90 Å². The molecule has 3 rings (SSSR count). The second-order valence-electron chi connectivity index (χ2n) is 6.81. The van der Waals surface area contributed by atoms with Gasteiger partial charge in [-0.2, -0.15) is 0 Å². The van der Waals surface area contributed by atoms with Crippen molar-refractivity contribution >= 4 is 33.4 Å².